The number of nitrogens with one attached hydrogen (secondary N) is 1. The van der Waals surface area contributed by atoms with Gasteiger partial charge in [-0.05, 0) is 37.8 Å². The van der Waals surface area contributed by atoms with Crippen LogP contribution in [0.4, 0.5) is 0 Å². The van der Waals surface area contributed by atoms with Gasteiger partial charge < -0.3 is 5.32 Å². The van der Waals surface area contributed by atoms with Crippen molar-refractivity contribution in [2.45, 2.75) is 39.5 Å². The SMILES string of the molecule is CC(C)C1CCCCCNC1. The van der Waals surface area contributed by atoms with Gasteiger partial charge in [0.2, 0.25) is 0 Å². The van der Waals surface area contributed by atoms with Crippen LogP contribution in [0.3, 0.4) is 0 Å². The summed E-state index contributed by atoms with van der Waals surface area (Å²) in [4.78, 5) is 0. The predicted molar refractivity (Wildman–Crippen MR) is 49.7 cm³/mol. The molecule has 0 bridgehead atoms. The molecule has 0 aromatic carbocycles. The first kappa shape index (κ1) is 9.05. The highest BCUT2D eigenvalue weighted by molar-refractivity contribution is 4.68. The lowest BCUT2D eigenvalue weighted by atomic mass is 9.89. The van der Waals surface area contributed by atoms with Gasteiger partial charge in [-0.3, -0.25) is 0 Å². The van der Waals surface area contributed by atoms with Crippen LogP contribution in [0.2, 0.25) is 0 Å². The first-order valence-corrected chi connectivity index (χ1v) is 5.01. The third-order valence-electron chi connectivity index (χ3n) is 2.78. The Morgan fingerprint density at radius 3 is 2.73 bits per heavy atom. The summed E-state index contributed by atoms with van der Waals surface area (Å²) >= 11 is 0. The van der Waals surface area contributed by atoms with Crippen molar-refractivity contribution in [3.8, 4) is 0 Å². The van der Waals surface area contributed by atoms with E-state index in [-0.39, 0.29) is 0 Å². The molecule has 0 saturated carbocycles. The molecule has 1 heteroatoms. The molecule has 1 nitrogen and oxygen atoms in total. The first-order chi connectivity index (χ1) is 5.30. The predicted octanol–water partition coefficient (Wildman–Crippen LogP) is 2.42. The third kappa shape index (κ3) is 3.24. The van der Waals surface area contributed by atoms with Gasteiger partial charge in [-0.2, -0.15) is 0 Å². The topological polar surface area (TPSA) is 12.0 Å². The molecule has 1 rings (SSSR count). The second-order valence-corrected chi connectivity index (χ2v) is 4.06. The molecule has 0 amide bonds. The van der Waals surface area contributed by atoms with Crippen molar-refractivity contribution in [3.05, 3.63) is 0 Å². The Labute approximate surface area is 70.6 Å². The van der Waals surface area contributed by atoms with Gasteiger partial charge in [0.15, 0.2) is 0 Å². The average Bonchev–Trinajstić information content (AvgIpc) is 1.84. The average molecular weight is 155 g/mol. The van der Waals surface area contributed by atoms with Gasteiger partial charge >= 0.3 is 0 Å². The molecule has 1 aliphatic heterocycles. The molecular formula is C10H21N. The Kier molecular flexibility index (Phi) is 3.92. The maximum atomic E-state index is 3.52. The Bertz CT molecular complexity index is 91.0. The Morgan fingerprint density at radius 1 is 1.18 bits per heavy atom. The normalized spacial score (nSPS) is 28.1. The van der Waals surface area contributed by atoms with Crippen LogP contribution >= 0.6 is 0 Å². The van der Waals surface area contributed by atoms with Crippen molar-refractivity contribution in [2.24, 2.45) is 11.8 Å². The molecule has 0 aliphatic carbocycles. The smallest absolute Gasteiger partial charge is 0.00181 e. The quantitative estimate of drug-likeness (QED) is 0.613. The molecule has 1 saturated heterocycles. The molecule has 1 unspecified atom stereocenters. The highest BCUT2D eigenvalue weighted by Crippen LogP contribution is 2.19. The van der Waals surface area contributed by atoms with E-state index in [1.807, 2.05) is 0 Å². The maximum absolute atomic E-state index is 3.52. The van der Waals surface area contributed by atoms with Gasteiger partial charge in [0.25, 0.3) is 0 Å². The Morgan fingerprint density at radius 2 is 2.00 bits per heavy atom. The van der Waals surface area contributed by atoms with Crippen molar-refractivity contribution < 1.29 is 0 Å². The largest absolute Gasteiger partial charge is 0.316 e. The second kappa shape index (κ2) is 4.76. The van der Waals surface area contributed by atoms with Crippen LogP contribution < -0.4 is 5.32 Å². The van der Waals surface area contributed by atoms with Crippen LogP contribution in [0.25, 0.3) is 0 Å². The van der Waals surface area contributed by atoms with Crippen molar-refractivity contribution in [1.82, 2.24) is 5.32 Å². The molecule has 1 N–H and O–H groups in total. The number of hydrogen-bond donors (Lipinski definition) is 1. The summed E-state index contributed by atoms with van der Waals surface area (Å²) in [7, 11) is 0. The van der Waals surface area contributed by atoms with Gasteiger partial charge in [-0.15, -0.1) is 0 Å². The van der Waals surface area contributed by atoms with Gasteiger partial charge in [-0.25, -0.2) is 0 Å². The second-order valence-electron chi connectivity index (χ2n) is 4.06. The number of hydrogen-bond acceptors (Lipinski definition) is 1. The molecule has 0 aromatic heterocycles. The molecule has 0 spiro atoms. The van der Waals surface area contributed by atoms with Crippen LogP contribution in [0.1, 0.15) is 39.5 Å². The lowest BCUT2D eigenvalue weighted by Gasteiger charge is -2.23. The zero-order valence-electron chi connectivity index (χ0n) is 7.90. The summed E-state index contributed by atoms with van der Waals surface area (Å²) < 4.78 is 0. The van der Waals surface area contributed by atoms with Crippen molar-refractivity contribution >= 4 is 0 Å². The molecule has 0 aromatic rings. The van der Waals surface area contributed by atoms with Gasteiger partial charge in [-0.1, -0.05) is 26.7 Å². The molecule has 11 heavy (non-hydrogen) atoms. The van der Waals surface area contributed by atoms with E-state index in [0.29, 0.717) is 0 Å². The van der Waals surface area contributed by atoms with Crippen molar-refractivity contribution in [1.29, 1.82) is 0 Å². The molecule has 1 atom stereocenters. The van der Waals surface area contributed by atoms with E-state index in [0.717, 1.165) is 11.8 Å². The van der Waals surface area contributed by atoms with E-state index in [9.17, 15) is 0 Å². The number of rotatable bonds is 1. The summed E-state index contributed by atoms with van der Waals surface area (Å²) in [6.07, 6.45) is 5.69. The minimum Gasteiger partial charge on any atom is -0.316 e. The van der Waals surface area contributed by atoms with Crippen molar-refractivity contribution in [2.75, 3.05) is 13.1 Å². The van der Waals surface area contributed by atoms with Crippen LogP contribution in [0, 0.1) is 11.8 Å². The molecule has 1 aliphatic rings. The van der Waals surface area contributed by atoms with Gasteiger partial charge in [0.05, 0.1) is 0 Å². The molecule has 0 radical (unpaired) electrons. The van der Waals surface area contributed by atoms with Crippen LogP contribution in [0.15, 0.2) is 0 Å². The van der Waals surface area contributed by atoms with Gasteiger partial charge in [0.1, 0.15) is 0 Å². The molecular weight excluding hydrogens is 134 g/mol. The summed E-state index contributed by atoms with van der Waals surface area (Å²) in [5.41, 5.74) is 0. The highest BCUT2D eigenvalue weighted by atomic mass is 14.9. The molecule has 1 heterocycles. The fraction of sp³-hybridized carbons (Fsp3) is 1.00. The van der Waals surface area contributed by atoms with E-state index in [1.54, 1.807) is 0 Å². The van der Waals surface area contributed by atoms with Crippen molar-refractivity contribution in [3.63, 3.8) is 0 Å². The van der Waals surface area contributed by atoms with E-state index in [4.69, 9.17) is 0 Å². The fourth-order valence-electron chi connectivity index (χ4n) is 1.79. The molecule has 1 fully saturated rings. The van der Waals surface area contributed by atoms with Crippen LogP contribution in [-0.4, -0.2) is 13.1 Å². The van der Waals surface area contributed by atoms with Crippen LogP contribution in [0.5, 0.6) is 0 Å². The zero-order chi connectivity index (χ0) is 8.10. The van der Waals surface area contributed by atoms with Crippen LogP contribution in [-0.2, 0) is 0 Å². The summed E-state index contributed by atoms with van der Waals surface area (Å²) in [5.74, 6) is 1.79. The monoisotopic (exact) mass is 155 g/mol. The minimum atomic E-state index is 0.862. The van der Waals surface area contributed by atoms with Gasteiger partial charge in [0, 0.05) is 0 Å². The highest BCUT2D eigenvalue weighted by Gasteiger charge is 2.13. The summed E-state index contributed by atoms with van der Waals surface area (Å²) in [5, 5.41) is 3.52. The standard InChI is InChI=1S/C10H21N/c1-9(2)10-6-4-3-5-7-11-8-10/h9-11H,3-8H2,1-2H3. The zero-order valence-corrected chi connectivity index (χ0v) is 7.90. The lowest BCUT2D eigenvalue weighted by Crippen LogP contribution is -2.28. The summed E-state index contributed by atoms with van der Waals surface area (Å²) in [6.45, 7) is 7.17. The Hall–Kier alpha value is -0.0400. The summed E-state index contributed by atoms with van der Waals surface area (Å²) in [6, 6.07) is 0. The Balaban J connectivity index is 2.26. The minimum absolute atomic E-state index is 0.862. The maximum Gasteiger partial charge on any atom is -0.00181 e. The fourth-order valence-corrected chi connectivity index (χ4v) is 1.79. The first-order valence-electron chi connectivity index (χ1n) is 5.01. The lowest BCUT2D eigenvalue weighted by molar-refractivity contribution is 0.313. The van der Waals surface area contributed by atoms with E-state index in [1.165, 1.54) is 38.8 Å². The van der Waals surface area contributed by atoms with E-state index >= 15 is 0 Å². The van der Waals surface area contributed by atoms with E-state index < -0.39 is 0 Å². The third-order valence-corrected chi connectivity index (χ3v) is 2.78. The van der Waals surface area contributed by atoms with E-state index in [2.05, 4.69) is 19.2 Å². The molecule has 66 valence electrons.